The molecule has 0 fully saturated rings. The summed E-state index contributed by atoms with van der Waals surface area (Å²) >= 11 is 5.34. The lowest BCUT2D eigenvalue weighted by atomic mass is 10.1. The van der Waals surface area contributed by atoms with Crippen LogP contribution in [0.15, 0.2) is 42.5 Å². The summed E-state index contributed by atoms with van der Waals surface area (Å²) in [6, 6.07) is 13.6. The number of hydrogen-bond acceptors (Lipinski definition) is 4. The van der Waals surface area contributed by atoms with Crippen molar-refractivity contribution in [2.75, 3.05) is 26.1 Å². The van der Waals surface area contributed by atoms with Gasteiger partial charge in [0.25, 0.3) is 0 Å². The smallest absolute Gasteiger partial charge is 0.170 e. The Balaban J connectivity index is 1.80. The van der Waals surface area contributed by atoms with Gasteiger partial charge in [-0.3, -0.25) is 0 Å². The van der Waals surface area contributed by atoms with Gasteiger partial charge in [0.1, 0.15) is 5.75 Å². The lowest BCUT2D eigenvalue weighted by molar-refractivity contribution is 0.242. The van der Waals surface area contributed by atoms with Gasteiger partial charge in [-0.15, -0.1) is 0 Å². The minimum Gasteiger partial charge on any atom is -0.493 e. The molecular weight excluding hydrogens is 348 g/mol. The Morgan fingerprint density at radius 1 is 1.00 bits per heavy atom. The Kier molecular flexibility index (Phi) is 7.53. The Labute approximate surface area is 160 Å². The van der Waals surface area contributed by atoms with Crippen molar-refractivity contribution in [3.63, 3.8) is 0 Å². The minimum atomic E-state index is 0.160. The third kappa shape index (κ3) is 6.11. The van der Waals surface area contributed by atoms with Crippen LogP contribution in [0.5, 0.6) is 17.2 Å². The van der Waals surface area contributed by atoms with Gasteiger partial charge in [0.15, 0.2) is 16.6 Å². The number of rotatable bonds is 8. The van der Waals surface area contributed by atoms with Crippen molar-refractivity contribution in [3.8, 4) is 17.2 Å². The number of benzene rings is 2. The minimum absolute atomic E-state index is 0.160. The number of methoxy groups -OCH3 is 2. The van der Waals surface area contributed by atoms with Gasteiger partial charge >= 0.3 is 0 Å². The average Bonchev–Trinajstić information content (AvgIpc) is 2.62. The molecule has 0 saturated heterocycles. The third-order valence-electron chi connectivity index (χ3n) is 3.63. The molecular formula is C20H26N2O3S. The first-order chi connectivity index (χ1) is 12.5. The van der Waals surface area contributed by atoms with Gasteiger partial charge in [-0.2, -0.15) is 0 Å². The zero-order chi connectivity index (χ0) is 18.9. The fourth-order valence-electron chi connectivity index (χ4n) is 2.42. The first-order valence-corrected chi connectivity index (χ1v) is 8.95. The molecule has 5 nitrogen and oxygen atoms in total. The van der Waals surface area contributed by atoms with E-state index in [2.05, 4.69) is 10.6 Å². The van der Waals surface area contributed by atoms with E-state index in [0.717, 1.165) is 41.5 Å². The SMILES string of the molecule is COc1ccc(CCNC(=S)Nc2ccc(OC(C)C)cc2)cc1OC. The van der Waals surface area contributed by atoms with Crippen LogP contribution in [-0.2, 0) is 6.42 Å². The van der Waals surface area contributed by atoms with Crippen molar-refractivity contribution in [3.05, 3.63) is 48.0 Å². The Morgan fingerprint density at radius 3 is 2.31 bits per heavy atom. The molecule has 0 unspecified atom stereocenters. The van der Waals surface area contributed by atoms with Gasteiger partial charge in [0.05, 0.1) is 20.3 Å². The summed E-state index contributed by atoms with van der Waals surface area (Å²) in [7, 11) is 3.26. The van der Waals surface area contributed by atoms with Crippen LogP contribution in [0.1, 0.15) is 19.4 Å². The summed E-state index contributed by atoms with van der Waals surface area (Å²) in [4.78, 5) is 0. The normalized spacial score (nSPS) is 10.3. The Morgan fingerprint density at radius 2 is 1.69 bits per heavy atom. The second-order valence-corrected chi connectivity index (χ2v) is 6.42. The van der Waals surface area contributed by atoms with Crippen LogP contribution < -0.4 is 24.8 Å². The molecule has 2 rings (SSSR count). The van der Waals surface area contributed by atoms with E-state index in [-0.39, 0.29) is 6.10 Å². The van der Waals surface area contributed by atoms with E-state index in [0.29, 0.717) is 5.11 Å². The van der Waals surface area contributed by atoms with E-state index >= 15 is 0 Å². The monoisotopic (exact) mass is 374 g/mol. The average molecular weight is 375 g/mol. The zero-order valence-corrected chi connectivity index (χ0v) is 16.5. The van der Waals surface area contributed by atoms with Gasteiger partial charge < -0.3 is 24.8 Å². The van der Waals surface area contributed by atoms with Crippen LogP contribution in [0.2, 0.25) is 0 Å². The van der Waals surface area contributed by atoms with Crippen LogP contribution >= 0.6 is 12.2 Å². The molecule has 0 aliphatic heterocycles. The highest BCUT2D eigenvalue weighted by Crippen LogP contribution is 2.27. The lowest BCUT2D eigenvalue weighted by Crippen LogP contribution is -2.30. The highest BCUT2D eigenvalue weighted by Gasteiger charge is 2.05. The molecule has 2 aromatic rings. The molecule has 0 heterocycles. The molecule has 2 aromatic carbocycles. The highest BCUT2D eigenvalue weighted by atomic mass is 32.1. The largest absolute Gasteiger partial charge is 0.493 e. The third-order valence-corrected chi connectivity index (χ3v) is 3.88. The van der Waals surface area contributed by atoms with Crippen molar-refractivity contribution in [1.29, 1.82) is 0 Å². The fraction of sp³-hybridized carbons (Fsp3) is 0.350. The maximum atomic E-state index is 5.63. The fourth-order valence-corrected chi connectivity index (χ4v) is 2.64. The second-order valence-electron chi connectivity index (χ2n) is 6.01. The van der Waals surface area contributed by atoms with Gasteiger partial charge in [-0.1, -0.05) is 6.07 Å². The molecule has 2 N–H and O–H groups in total. The van der Waals surface area contributed by atoms with E-state index in [4.69, 9.17) is 26.4 Å². The molecule has 140 valence electrons. The summed E-state index contributed by atoms with van der Waals surface area (Å²) in [5, 5.41) is 6.97. The molecule has 0 aromatic heterocycles. The van der Waals surface area contributed by atoms with Gasteiger partial charge in [0.2, 0.25) is 0 Å². The number of hydrogen-bond donors (Lipinski definition) is 2. The first-order valence-electron chi connectivity index (χ1n) is 8.54. The number of anilines is 1. The van der Waals surface area contributed by atoms with Crippen LogP contribution in [0.25, 0.3) is 0 Å². The zero-order valence-electron chi connectivity index (χ0n) is 15.7. The Bertz CT molecular complexity index is 717. The summed E-state index contributed by atoms with van der Waals surface area (Å²) in [5.74, 6) is 2.30. The molecule has 0 amide bonds. The maximum Gasteiger partial charge on any atom is 0.170 e. The van der Waals surface area contributed by atoms with E-state index in [9.17, 15) is 0 Å². The van der Waals surface area contributed by atoms with Crippen molar-refractivity contribution in [2.45, 2.75) is 26.4 Å². The molecule has 26 heavy (non-hydrogen) atoms. The number of nitrogens with one attached hydrogen (secondary N) is 2. The van der Waals surface area contributed by atoms with E-state index in [1.165, 1.54) is 0 Å². The molecule has 0 saturated carbocycles. The molecule has 6 heteroatoms. The van der Waals surface area contributed by atoms with E-state index in [1.54, 1.807) is 14.2 Å². The van der Waals surface area contributed by atoms with Crippen molar-refractivity contribution in [2.24, 2.45) is 0 Å². The van der Waals surface area contributed by atoms with Gasteiger partial charge in [-0.25, -0.2) is 0 Å². The lowest BCUT2D eigenvalue weighted by Gasteiger charge is -2.13. The first kappa shape index (κ1) is 19.8. The summed E-state index contributed by atoms with van der Waals surface area (Å²) < 4.78 is 16.2. The number of thiocarbonyl (C=S) groups is 1. The summed E-state index contributed by atoms with van der Waals surface area (Å²) in [6.45, 7) is 4.73. The quantitative estimate of drug-likeness (QED) is 0.681. The van der Waals surface area contributed by atoms with Gasteiger partial charge in [0, 0.05) is 12.2 Å². The predicted octanol–water partition coefficient (Wildman–Crippen LogP) is 4.02. The molecule has 0 atom stereocenters. The van der Waals surface area contributed by atoms with E-state index in [1.807, 2.05) is 56.3 Å². The molecule has 0 spiro atoms. The topological polar surface area (TPSA) is 51.8 Å². The summed E-state index contributed by atoms with van der Waals surface area (Å²) in [6.07, 6.45) is 0.983. The van der Waals surface area contributed by atoms with E-state index < -0.39 is 0 Å². The van der Waals surface area contributed by atoms with Gasteiger partial charge in [-0.05, 0) is 74.4 Å². The predicted molar refractivity (Wildman–Crippen MR) is 110 cm³/mol. The van der Waals surface area contributed by atoms with Crippen LogP contribution in [-0.4, -0.2) is 32.0 Å². The standard InChI is InChI=1S/C20H26N2O3S/c1-14(2)25-17-8-6-16(7-9-17)22-20(26)21-12-11-15-5-10-18(23-3)19(13-15)24-4/h5-10,13-14H,11-12H2,1-4H3,(H2,21,22,26). The molecule has 0 radical (unpaired) electrons. The second kappa shape index (κ2) is 9.87. The van der Waals surface area contributed by atoms with Crippen molar-refractivity contribution in [1.82, 2.24) is 5.32 Å². The summed E-state index contributed by atoms with van der Waals surface area (Å²) in [5.41, 5.74) is 2.07. The highest BCUT2D eigenvalue weighted by molar-refractivity contribution is 7.80. The number of ether oxygens (including phenoxy) is 3. The maximum absolute atomic E-state index is 5.63. The molecule has 0 bridgehead atoms. The van der Waals surface area contributed by atoms with Crippen molar-refractivity contribution >= 4 is 23.0 Å². The molecule has 0 aliphatic carbocycles. The molecule has 0 aliphatic rings. The Hall–Kier alpha value is -2.47. The van der Waals surface area contributed by atoms with Crippen molar-refractivity contribution < 1.29 is 14.2 Å². The van der Waals surface area contributed by atoms with Crippen LogP contribution in [0.4, 0.5) is 5.69 Å². The van der Waals surface area contributed by atoms with Crippen LogP contribution in [0.3, 0.4) is 0 Å². The van der Waals surface area contributed by atoms with Crippen LogP contribution in [0, 0.1) is 0 Å².